The Morgan fingerprint density at radius 1 is 1.00 bits per heavy atom. The van der Waals surface area contributed by atoms with Crippen LogP contribution >= 0.6 is 0 Å². The van der Waals surface area contributed by atoms with Crippen LogP contribution < -0.4 is 4.74 Å². The maximum absolute atomic E-state index is 13.5. The number of piperidine rings is 1. The SMILES string of the molecule is O=C(c1ccccc1)C1CCN(C(=O)COc2ccccc2F)CC1. The third kappa shape index (κ3) is 4.24. The lowest BCUT2D eigenvalue weighted by Crippen LogP contribution is -2.42. The van der Waals surface area contributed by atoms with Crippen molar-refractivity contribution in [3.8, 4) is 5.75 Å². The third-order valence-corrected chi connectivity index (χ3v) is 4.46. The van der Waals surface area contributed by atoms with Crippen LogP contribution in [0.3, 0.4) is 0 Å². The van der Waals surface area contributed by atoms with Gasteiger partial charge in [-0.3, -0.25) is 9.59 Å². The Labute approximate surface area is 146 Å². The summed E-state index contributed by atoms with van der Waals surface area (Å²) in [5.41, 5.74) is 0.718. The van der Waals surface area contributed by atoms with Crippen LogP contribution in [0.1, 0.15) is 23.2 Å². The molecule has 2 aromatic carbocycles. The molecule has 1 aliphatic heterocycles. The average molecular weight is 341 g/mol. The van der Waals surface area contributed by atoms with Crippen molar-refractivity contribution in [3.05, 3.63) is 66.0 Å². The van der Waals surface area contributed by atoms with Gasteiger partial charge in [0.05, 0.1) is 0 Å². The summed E-state index contributed by atoms with van der Waals surface area (Å²) in [5.74, 6) is -0.518. The Morgan fingerprint density at radius 2 is 1.64 bits per heavy atom. The highest BCUT2D eigenvalue weighted by Gasteiger charge is 2.28. The number of amides is 1. The normalized spacial score (nSPS) is 15.0. The van der Waals surface area contributed by atoms with Gasteiger partial charge in [-0.1, -0.05) is 42.5 Å². The number of ether oxygens (including phenoxy) is 1. The number of benzene rings is 2. The topological polar surface area (TPSA) is 46.6 Å². The Bertz CT molecular complexity index is 740. The first-order valence-electron chi connectivity index (χ1n) is 8.39. The number of likely N-dealkylation sites (tertiary alicyclic amines) is 1. The van der Waals surface area contributed by atoms with E-state index in [4.69, 9.17) is 4.74 Å². The van der Waals surface area contributed by atoms with E-state index < -0.39 is 5.82 Å². The van der Waals surface area contributed by atoms with E-state index in [0.717, 1.165) is 5.56 Å². The van der Waals surface area contributed by atoms with Gasteiger partial charge in [-0.05, 0) is 25.0 Å². The van der Waals surface area contributed by atoms with E-state index in [0.29, 0.717) is 25.9 Å². The largest absolute Gasteiger partial charge is 0.481 e. The highest BCUT2D eigenvalue weighted by molar-refractivity contribution is 5.98. The summed E-state index contributed by atoms with van der Waals surface area (Å²) in [4.78, 5) is 26.4. The molecule has 5 heteroatoms. The lowest BCUT2D eigenvalue weighted by molar-refractivity contribution is -0.134. The first-order chi connectivity index (χ1) is 12.1. The van der Waals surface area contributed by atoms with Crippen LogP contribution in [0.5, 0.6) is 5.75 Å². The van der Waals surface area contributed by atoms with Crippen molar-refractivity contribution in [2.75, 3.05) is 19.7 Å². The average Bonchev–Trinajstić information content (AvgIpc) is 2.67. The summed E-state index contributed by atoms with van der Waals surface area (Å²) in [6.07, 6.45) is 1.28. The van der Waals surface area contributed by atoms with Crippen LogP contribution in [-0.2, 0) is 4.79 Å². The standard InChI is InChI=1S/C20H20FNO3/c21-17-8-4-5-9-18(17)25-14-19(23)22-12-10-16(11-13-22)20(24)15-6-2-1-3-7-15/h1-9,16H,10-14H2. The molecule has 0 saturated carbocycles. The molecule has 0 unspecified atom stereocenters. The van der Waals surface area contributed by atoms with E-state index >= 15 is 0 Å². The van der Waals surface area contributed by atoms with Gasteiger partial charge < -0.3 is 9.64 Å². The molecule has 25 heavy (non-hydrogen) atoms. The quantitative estimate of drug-likeness (QED) is 0.784. The molecule has 0 aliphatic carbocycles. The minimum absolute atomic E-state index is 0.0565. The van der Waals surface area contributed by atoms with Crippen molar-refractivity contribution in [2.45, 2.75) is 12.8 Å². The molecule has 0 atom stereocenters. The van der Waals surface area contributed by atoms with Gasteiger partial charge in [0.1, 0.15) is 0 Å². The lowest BCUT2D eigenvalue weighted by Gasteiger charge is -2.31. The van der Waals surface area contributed by atoms with Crippen LogP contribution in [0.4, 0.5) is 4.39 Å². The van der Waals surface area contributed by atoms with Gasteiger partial charge in [-0.2, -0.15) is 0 Å². The second-order valence-electron chi connectivity index (χ2n) is 6.10. The Balaban J connectivity index is 1.49. The van der Waals surface area contributed by atoms with Gasteiger partial charge in [0.15, 0.2) is 24.0 Å². The fourth-order valence-electron chi connectivity index (χ4n) is 3.02. The zero-order valence-electron chi connectivity index (χ0n) is 13.9. The van der Waals surface area contributed by atoms with E-state index in [9.17, 15) is 14.0 Å². The summed E-state index contributed by atoms with van der Waals surface area (Å²) >= 11 is 0. The Morgan fingerprint density at radius 3 is 2.32 bits per heavy atom. The van der Waals surface area contributed by atoms with Crippen molar-refractivity contribution < 1.29 is 18.7 Å². The zero-order valence-corrected chi connectivity index (χ0v) is 13.9. The smallest absolute Gasteiger partial charge is 0.260 e. The summed E-state index contributed by atoms with van der Waals surface area (Å²) < 4.78 is 18.8. The summed E-state index contributed by atoms with van der Waals surface area (Å²) in [6, 6.07) is 15.2. The number of nitrogens with zero attached hydrogens (tertiary/aromatic N) is 1. The van der Waals surface area contributed by atoms with Crippen molar-refractivity contribution in [2.24, 2.45) is 5.92 Å². The van der Waals surface area contributed by atoms with Gasteiger partial charge in [-0.15, -0.1) is 0 Å². The highest BCUT2D eigenvalue weighted by atomic mass is 19.1. The highest BCUT2D eigenvalue weighted by Crippen LogP contribution is 2.22. The van der Waals surface area contributed by atoms with Crippen molar-refractivity contribution >= 4 is 11.7 Å². The van der Waals surface area contributed by atoms with E-state index in [-0.39, 0.29) is 30.0 Å². The number of hydrogen-bond acceptors (Lipinski definition) is 3. The number of ketones is 1. The zero-order chi connectivity index (χ0) is 17.6. The monoisotopic (exact) mass is 341 g/mol. The van der Waals surface area contributed by atoms with Crippen LogP contribution in [0.2, 0.25) is 0 Å². The van der Waals surface area contributed by atoms with Gasteiger partial charge in [0.2, 0.25) is 0 Å². The van der Waals surface area contributed by atoms with Crippen LogP contribution in [0.25, 0.3) is 0 Å². The number of hydrogen-bond donors (Lipinski definition) is 0. The molecule has 1 amide bonds. The molecule has 1 saturated heterocycles. The molecule has 1 fully saturated rings. The molecule has 0 aromatic heterocycles. The molecule has 1 heterocycles. The summed E-state index contributed by atoms with van der Waals surface area (Å²) in [7, 11) is 0. The summed E-state index contributed by atoms with van der Waals surface area (Å²) in [6.45, 7) is 0.837. The molecule has 0 N–H and O–H groups in total. The van der Waals surface area contributed by atoms with Gasteiger partial charge in [0, 0.05) is 24.6 Å². The van der Waals surface area contributed by atoms with E-state index in [1.165, 1.54) is 12.1 Å². The van der Waals surface area contributed by atoms with Crippen LogP contribution in [0.15, 0.2) is 54.6 Å². The molecular formula is C20H20FNO3. The van der Waals surface area contributed by atoms with Gasteiger partial charge in [0.25, 0.3) is 5.91 Å². The molecule has 4 nitrogen and oxygen atoms in total. The van der Waals surface area contributed by atoms with Crippen LogP contribution in [0, 0.1) is 11.7 Å². The number of halogens is 1. The second-order valence-corrected chi connectivity index (χ2v) is 6.10. The molecule has 2 aromatic rings. The number of para-hydroxylation sites is 1. The van der Waals surface area contributed by atoms with E-state index in [2.05, 4.69) is 0 Å². The fraction of sp³-hybridized carbons (Fsp3) is 0.300. The second kappa shape index (κ2) is 7.92. The molecule has 0 bridgehead atoms. The van der Waals surface area contributed by atoms with Crippen molar-refractivity contribution in [1.82, 2.24) is 4.90 Å². The number of carbonyl (C=O) groups is 2. The van der Waals surface area contributed by atoms with Crippen molar-refractivity contribution in [3.63, 3.8) is 0 Å². The number of carbonyl (C=O) groups excluding carboxylic acids is 2. The number of rotatable bonds is 5. The Hall–Kier alpha value is -2.69. The van der Waals surface area contributed by atoms with E-state index in [1.807, 2.05) is 30.3 Å². The molecule has 130 valence electrons. The molecule has 0 radical (unpaired) electrons. The first-order valence-corrected chi connectivity index (χ1v) is 8.39. The minimum Gasteiger partial charge on any atom is -0.481 e. The first kappa shape index (κ1) is 17.1. The predicted octanol–water partition coefficient (Wildman–Crippen LogP) is 3.33. The van der Waals surface area contributed by atoms with Gasteiger partial charge >= 0.3 is 0 Å². The fourth-order valence-corrected chi connectivity index (χ4v) is 3.02. The maximum atomic E-state index is 13.5. The maximum Gasteiger partial charge on any atom is 0.260 e. The number of Topliss-reactive ketones (excluding diaryl/α,β-unsaturated/α-hetero) is 1. The van der Waals surface area contributed by atoms with Gasteiger partial charge in [-0.25, -0.2) is 4.39 Å². The summed E-state index contributed by atoms with van der Waals surface area (Å²) in [5, 5.41) is 0. The van der Waals surface area contributed by atoms with Crippen LogP contribution in [-0.4, -0.2) is 36.3 Å². The molecule has 1 aliphatic rings. The minimum atomic E-state index is -0.484. The Kier molecular flexibility index (Phi) is 5.43. The van der Waals surface area contributed by atoms with Crippen molar-refractivity contribution in [1.29, 1.82) is 0 Å². The molecular weight excluding hydrogens is 321 g/mol. The van der Waals surface area contributed by atoms with E-state index in [1.54, 1.807) is 17.0 Å². The molecule has 0 spiro atoms. The third-order valence-electron chi connectivity index (χ3n) is 4.46. The lowest BCUT2D eigenvalue weighted by atomic mass is 9.89. The molecule has 3 rings (SSSR count). The predicted molar refractivity (Wildman–Crippen MR) is 92.0 cm³/mol.